The topological polar surface area (TPSA) is 42.5 Å². The molecule has 0 unspecified atom stereocenters. The Bertz CT molecular complexity index is 542. The summed E-state index contributed by atoms with van der Waals surface area (Å²) in [6.07, 6.45) is -0.0832. The maximum atomic E-state index is 5.78. The van der Waals surface area contributed by atoms with Gasteiger partial charge in [0, 0.05) is 5.69 Å². The number of para-hydroxylation sites is 1. The Morgan fingerprint density at radius 3 is 1.91 bits per heavy atom. The van der Waals surface area contributed by atoms with E-state index in [-0.39, 0.29) is 12.2 Å². The zero-order chi connectivity index (χ0) is 16.9. The number of thiocarbonyl (C=S) groups is 1. The van der Waals surface area contributed by atoms with Crippen LogP contribution >= 0.6 is 18.9 Å². The fraction of sp³-hybridized carbons (Fsp3) is 0.533. The van der Waals surface area contributed by atoms with Gasteiger partial charge in [0.15, 0.2) is 5.11 Å². The Labute approximate surface area is 144 Å². The monoisotopic (exact) mass is 360 g/mol. The average molecular weight is 360 g/mol. The van der Waals surface area contributed by atoms with Gasteiger partial charge in [0.05, 0.1) is 12.2 Å². The van der Waals surface area contributed by atoms with Crippen molar-refractivity contribution in [1.82, 2.24) is 5.09 Å². The lowest BCUT2D eigenvalue weighted by molar-refractivity contribution is 0.172. The molecule has 0 amide bonds. The summed E-state index contributed by atoms with van der Waals surface area (Å²) in [7, 11) is 0. The van der Waals surface area contributed by atoms with E-state index in [1.807, 2.05) is 59.7 Å². The Hall–Kier alpha value is -0.520. The van der Waals surface area contributed by atoms with E-state index in [9.17, 15) is 0 Å². The number of rotatable bonds is 6. The third kappa shape index (κ3) is 6.31. The maximum Gasteiger partial charge on any atom is 0.289 e. The van der Waals surface area contributed by atoms with Gasteiger partial charge in [0.2, 0.25) is 0 Å². The molecule has 124 valence electrons. The molecule has 4 nitrogen and oxygen atoms in total. The van der Waals surface area contributed by atoms with Crippen LogP contribution in [0.4, 0.5) is 5.69 Å². The summed E-state index contributed by atoms with van der Waals surface area (Å²) in [6.45, 7) is 9.09. The lowest BCUT2D eigenvalue weighted by Crippen LogP contribution is -2.30. The molecule has 0 heterocycles. The standard InChI is InChI=1S/C15H25N2O2PS2/c1-10(2)18-20(22,19-11(3)4)17-15(21)16-14-12(5)8-7-9-13(14)6/h7-11H,1-6H3,(H2,16,17,21,22). The average Bonchev–Trinajstić information content (AvgIpc) is 2.31. The zero-order valence-corrected chi connectivity index (χ0v) is 16.5. The SMILES string of the molecule is Cc1cccc(C)c1NC(=S)NP(=S)(OC(C)C)OC(C)C. The van der Waals surface area contributed by atoms with E-state index < -0.39 is 6.64 Å². The minimum Gasteiger partial charge on any atom is -0.332 e. The van der Waals surface area contributed by atoms with Crippen LogP contribution in [0.5, 0.6) is 0 Å². The largest absolute Gasteiger partial charge is 0.332 e. The van der Waals surface area contributed by atoms with E-state index >= 15 is 0 Å². The van der Waals surface area contributed by atoms with Crippen molar-refractivity contribution in [2.24, 2.45) is 0 Å². The molecular formula is C15H25N2O2PS2. The van der Waals surface area contributed by atoms with Crippen molar-refractivity contribution in [3.63, 3.8) is 0 Å². The van der Waals surface area contributed by atoms with Crippen LogP contribution in [0.2, 0.25) is 0 Å². The number of anilines is 1. The van der Waals surface area contributed by atoms with Gasteiger partial charge in [-0.1, -0.05) is 18.2 Å². The zero-order valence-electron chi connectivity index (χ0n) is 14.0. The minimum atomic E-state index is -2.68. The van der Waals surface area contributed by atoms with Crippen LogP contribution in [0.25, 0.3) is 0 Å². The van der Waals surface area contributed by atoms with Crippen LogP contribution < -0.4 is 10.4 Å². The van der Waals surface area contributed by atoms with E-state index in [4.69, 9.17) is 33.1 Å². The van der Waals surface area contributed by atoms with Crippen LogP contribution in [0, 0.1) is 13.8 Å². The molecular weight excluding hydrogens is 335 g/mol. The van der Waals surface area contributed by atoms with E-state index in [2.05, 4.69) is 10.4 Å². The summed E-state index contributed by atoms with van der Waals surface area (Å²) < 4.78 is 11.6. The first kappa shape index (κ1) is 19.5. The summed E-state index contributed by atoms with van der Waals surface area (Å²) in [6, 6.07) is 6.08. The molecule has 0 aliphatic heterocycles. The molecule has 7 heteroatoms. The van der Waals surface area contributed by atoms with Gasteiger partial charge < -0.3 is 14.4 Å². The van der Waals surface area contributed by atoms with Gasteiger partial charge in [-0.05, 0) is 76.7 Å². The normalized spacial score (nSPS) is 11.8. The second kappa shape index (κ2) is 8.37. The highest BCUT2D eigenvalue weighted by atomic mass is 32.5. The van der Waals surface area contributed by atoms with Gasteiger partial charge in [0.25, 0.3) is 6.64 Å². The lowest BCUT2D eigenvalue weighted by atomic mass is 10.1. The molecule has 0 aliphatic rings. The summed E-state index contributed by atoms with van der Waals surface area (Å²) in [5.74, 6) is 0. The van der Waals surface area contributed by atoms with Gasteiger partial charge in [-0.2, -0.15) is 0 Å². The smallest absolute Gasteiger partial charge is 0.289 e. The molecule has 0 spiro atoms. The Morgan fingerprint density at radius 2 is 1.50 bits per heavy atom. The summed E-state index contributed by atoms with van der Waals surface area (Å²) >= 11 is 10.9. The Kier molecular flexibility index (Phi) is 7.42. The van der Waals surface area contributed by atoms with Crippen molar-refractivity contribution in [3.8, 4) is 0 Å². The quantitative estimate of drug-likeness (QED) is 0.568. The van der Waals surface area contributed by atoms with Gasteiger partial charge in [-0.15, -0.1) is 0 Å². The first-order chi connectivity index (χ1) is 10.1. The molecule has 22 heavy (non-hydrogen) atoms. The number of hydrogen-bond donors (Lipinski definition) is 2. The molecule has 1 aromatic carbocycles. The molecule has 0 saturated heterocycles. The van der Waals surface area contributed by atoms with E-state index in [0.717, 1.165) is 16.8 Å². The highest BCUT2D eigenvalue weighted by molar-refractivity contribution is 8.09. The van der Waals surface area contributed by atoms with Crippen molar-refractivity contribution in [3.05, 3.63) is 29.3 Å². The first-order valence-corrected chi connectivity index (χ1v) is 10.3. The predicted octanol–water partition coefficient (Wildman–Crippen LogP) is 4.66. The molecule has 0 fully saturated rings. The number of hydrogen-bond acceptors (Lipinski definition) is 4. The number of benzene rings is 1. The van der Waals surface area contributed by atoms with Gasteiger partial charge >= 0.3 is 0 Å². The van der Waals surface area contributed by atoms with Crippen LogP contribution in [0.1, 0.15) is 38.8 Å². The number of nitrogens with one attached hydrogen (secondary N) is 2. The van der Waals surface area contributed by atoms with Crippen molar-refractivity contribution in [1.29, 1.82) is 0 Å². The highest BCUT2D eigenvalue weighted by Crippen LogP contribution is 2.46. The van der Waals surface area contributed by atoms with Gasteiger partial charge in [-0.25, -0.2) is 0 Å². The van der Waals surface area contributed by atoms with Crippen LogP contribution in [0.3, 0.4) is 0 Å². The van der Waals surface area contributed by atoms with Crippen LogP contribution in [-0.2, 0) is 20.9 Å². The molecule has 0 bridgehead atoms. The van der Waals surface area contributed by atoms with E-state index in [0.29, 0.717) is 5.11 Å². The summed E-state index contributed by atoms with van der Waals surface area (Å²) in [5.41, 5.74) is 3.22. The second-order valence-corrected chi connectivity index (χ2v) is 9.13. The van der Waals surface area contributed by atoms with Crippen molar-refractivity contribution in [2.75, 3.05) is 5.32 Å². The molecule has 0 saturated carbocycles. The van der Waals surface area contributed by atoms with Crippen molar-refractivity contribution < 1.29 is 9.05 Å². The molecule has 1 aromatic rings. The molecule has 0 radical (unpaired) electrons. The second-order valence-electron chi connectivity index (χ2n) is 5.64. The fourth-order valence-electron chi connectivity index (χ4n) is 1.91. The fourth-order valence-corrected chi connectivity index (χ4v) is 5.42. The molecule has 1 rings (SSSR count). The Balaban J connectivity index is 2.85. The lowest BCUT2D eigenvalue weighted by Gasteiger charge is -2.28. The molecule has 0 aromatic heterocycles. The molecule has 2 N–H and O–H groups in total. The van der Waals surface area contributed by atoms with Crippen LogP contribution in [-0.4, -0.2) is 17.3 Å². The van der Waals surface area contributed by atoms with Gasteiger partial charge in [-0.3, -0.25) is 5.09 Å². The van der Waals surface area contributed by atoms with Crippen molar-refractivity contribution in [2.45, 2.75) is 53.8 Å². The third-order valence-electron chi connectivity index (χ3n) is 2.66. The maximum absolute atomic E-state index is 5.78. The molecule has 0 aliphatic carbocycles. The van der Waals surface area contributed by atoms with Crippen LogP contribution in [0.15, 0.2) is 18.2 Å². The minimum absolute atomic E-state index is 0.0416. The summed E-state index contributed by atoms with van der Waals surface area (Å²) in [5, 5.41) is 6.68. The number of aryl methyl sites for hydroxylation is 2. The Morgan fingerprint density at radius 1 is 1.05 bits per heavy atom. The predicted molar refractivity (Wildman–Crippen MR) is 102 cm³/mol. The first-order valence-electron chi connectivity index (χ1n) is 7.25. The summed E-state index contributed by atoms with van der Waals surface area (Å²) in [4.78, 5) is 0. The van der Waals surface area contributed by atoms with E-state index in [1.165, 1.54) is 0 Å². The van der Waals surface area contributed by atoms with Crippen molar-refractivity contribution >= 4 is 41.5 Å². The van der Waals surface area contributed by atoms with Gasteiger partial charge in [0.1, 0.15) is 0 Å². The highest BCUT2D eigenvalue weighted by Gasteiger charge is 2.24. The molecule has 0 atom stereocenters. The van der Waals surface area contributed by atoms with E-state index in [1.54, 1.807) is 0 Å². The third-order valence-corrected chi connectivity index (χ3v) is 5.70.